The molecular formula is C14H19N5. The average Bonchev–Trinajstić information content (AvgIpc) is 2.92. The van der Waals surface area contributed by atoms with Crippen LogP contribution >= 0.6 is 0 Å². The highest BCUT2D eigenvalue weighted by molar-refractivity contribution is 5.73. The van der Waals surface area contributed by atoms with Crippen molar-refractivity contribution < 1.29 is 0 Å². The maximum absolute atomic E-state index is 4.48. The summed E-state index contributed by atoms with van der Waals surface area (Å²) in [5.74, 6) is 0.627. The molecule has 0 radical (unpaired) electrons. The van der Waals surface area contributed by atoms with Crippen molar-refractivity contribution in [3.63, 3.8) is 0 Å². The number of hydrogen-bond acceptors (Lipinski definition) is 5. The highest BCUT2D eigenvalue weighted by atomic mass is 15.3. The van der Waals surface area contributed by atoms with Crippen LogP contribution in [0.3, 0.4) is 0 Å². The third-order valence-corrected chi connectivity index (χ3v) is 3.76. The van der Waals surface area contributed by atoms with Crippen LogP contribution in [0.15, 0.2) is 24.3 Å². The number of rotatable bonds is 4. The molecule has 1 N–H and O–H groups in total. The summed E-state index contributed by atoms with van der Waals surface area (Å²) >= 11 is 0. The first-order chi connectivity index (χ1) is 9.36. The van der Waals surface area contributed by atoms with Crippen molar-refractivity contribution in [3.05, 3.63) is 24.3 Å². The second-order valence-electron chi connectivity index (χ2n) is 4.93. The number of fused-ring (bicyclic) bond motifs is 1. The zero-order chi connectivity index (χ0) is 13.1. The summed E-state index contributed by atoms with van der Waals surface area (Å²) in [6.07, 6.45) is 2.54. The van der Waals surface area contributed by atoms with Gasteiger partial charge >= 0.3 is 0 Å². The van der Waals surface area contributed by atoms with E-state index in [9.17, 15) is 0 Å². The molecule has 0 saturated carbocycles. The maximum Gasteiger partial charge on any atom is 0.243 e. The van der Waals surface area contributed by atoms with Gasteiger partial charge in [-0.25, -0.2) is 4.98 Å². The van der Waals surface area contributed by atoms with Crippen LogP contribution in [0.2, 0.25) is 0 Å². The van der Waals surface area contributed by atoms with Gasteiger partial charge in [-0.2, -0.15) is 0 Å². The molecular weight excluding hydrogens is 238 g/mol. The molecule has 1 aromatic carbocycles. The summed E-state index contributed by atoms with van der Waals surface area (Å²) in [6.45, 7) is 5.43. The number of nitrogens with one attached hydrogen (secondary N) is 1. The van der Waals surface area contributed by atoms with E-state index in [0.717, 1.165) is 24.1 Å². The lowest BCUT2D eigenvalue weighted by Crippen LogP contribution is -2.34. The Labute approximate surface area is 113 Å². The third-order valence-electron chi connectivity index (χ3n) is 3.76. The predicted octanol–water partition coefficient (Wildman–Crippen LogP) is 1.92. The van der Waals surface area contributed by atoms with Crippen LogP contribution in [0.4, 0.5) is 5.95 Å². The molecule has 2 aromatic rings. The van der Waals surface area contributed by atoms with E-state index in [1.165, 1.54) is 19.4 Å². The van der Waals surface area contributed by atoms with Gasteiger partial charge in [0, 0.05) is 12.6 Å². The minimum atomic E-state index is 0.597. The Morgan fingerprint density at radius 2 is 2.11 bits per heavy atom. The second kappa shape index (κ2) is 5.48. The molecule has 5 heteroatoms. The van der Waals surface area contributed by atoms with Gasteiger partial charge in [0.05, 0.1) is 5.52 Å². The SMILES string of the molecule is CCN1CCCC1CNc1nnc2ccccc2n1. The lowest BCUT2D eigenvalue weighted by atomic mass is 10.2. The van der Waals surface area contributed by atoms with Gasteiger partial charge in [-0.15, -0.1) is 10.2 Å². The fourth-order valence-electron chi connectivity index (χ4n) is 2.71. The minimum absolute atomic E-state index is 0.597. The Hall–Kier alpha value is -1.75. The highest BCUT2D eigenvalue weighted by Crippen LogP contribution is 2.17. The summed E-state index contributed by atoms with van der Waals surface area (Å²) < 4.78 is 0. The van der Waals surface area contributed by atoms with Gasteiger partial charge in [0.15, 0.2) is 0 Å². The first kappa shape index (κ1) is 12.3. The van der Waals surface area contributed by atoms with Crippen LogP contribution in [0.25, 0.3) is 11.0 Å². The number of likely N-dealkylation sites (tertiary alicyclic amines) is 1. The average molecular weight is 257 g/mol. The van der Waals surface area contributed by atoms with Crippen LogP contribution in [0, 0.1) is 0 Å². The van der Waals surface area contributed by atoms with E-state index >= 15 is 0 Å². The molecule has 0 spiro atoms. The predicted molar refractivity (Wildman–Crippen MR) is 76.1 cm³/mol. The molecule has 2 heterocycles. The van der Waals surface area contributed by atoms with Crippen LogP contribution < -0.4 is 5.32 Å². The number of anilines is 1. The molecule has 0 aliphatic carbocycles. The molecule has 5 nitrogen and oxygen atoms in total. The van der Waals surface area contributed by atoms with Crippen molar-refractivity contribution in [3.8, 4) is 0 Å². The van der Waals surface area contributed by atoms with E-state index < -0.39 is 0 Å². The van der Waals surface area contributed by atoms with Crippen molar-refractivity contribution >= 4 is 17.0 Å². The van der Waals surface area contributed by atoms with E-state index in [2.05, 4.69) is 32.3 Å². The number of likely N-dealkylation sites (N-methyl/N-ethyl adjacent to an activating group) is 1. The standard InChI is InChI=1S/C14H19N5/c1-2-19-9-5-6-11(19)10-15-14-16-12-7-3-4-8-13(12)17-18-14/h3-4,7-8,11H,2,5-6,9-10H2,1H3,(H,15,16,18). The van der Waals surface area contributed by atoms with E-state index in [1.807, 2.05) is 24.3 Å². The van der Waals surface area contributed by atoms with Gasteiger partial charge in [0.2, 0.25) is 5.95 Å². The topological polar surface area (TPSA) is 53.9 Å². The van der Waals surface area contributed by atoms with Gasteiger partial charge in [-0.3, -0.25) is 4.90 Å². The molecule has 0 amide bonds. The summed E-state index contributed by atoms with van der Waals surface area (Å²) in [5.41, 5.74) is 1.72. The summed E-state index contributed by atoms with van der Waals surface area (Å²) in [7, 11) is 0. The highest BCUT2D eigenvalue weighted by Gasteiger charge is 2.22. The fraction of sp³-hybridized carbons (Fsp3) is 0.500. The number of para-hydroxylation sites is 1. The second-order valence-corrected chi connectivity index (χ2v) is 4.93. The lowest BCUT2D eigenvalue weighted by Gasteiger charge is -2.22. The Bertz CT molecular complexity index is 556. The van der Waals surface area contributed by atoms with Crippen molar-refractivity contribution in [2.45, 2.75) is 25.8 Å². The van der Waals surface area contributed by atoms with Gasteiger partial charge in [-0.1, -0.05) is 19.1 Å². The Morgan fingerprint density at radius 1 is 1.26 bits per heavy atom. The van der Waals surface area contributed by atoms with Gasteiger partial charge in [-0.05, 0) is 38.1 Å². The van der Waals surface area contributed by atoms with Crippen molar-refractivity contribution in [2.75, 3.05) is 25.0 Å². The van der Waals surface area contributed by atoms with Crippen LogP contribution in [0.5, 0.6) is 0 Å². The smallest absolute Gasteiger partial charge is 0.243 e. The van der Waals surface area contributed by atoms with E-state index in [1.54, 1.807) is 0 Å². The van der Waals surface area contributed by atoms with Crippen molar-refractivity contribution in [1.29, 1.82) is 0 Å². The molecule has 1 atom stereocenters. The van der Waals surface area contributed by atoms with Gasteiger partial charge in [0.25, 0.3) is 0 Å². The summed E-state index contributed by atoms with van der Waals surface area (Å²) in [6, 6.07) is 8.40. The maximum atomic E-state index is 4.48. The monoisotopic (exact) mass is 257 g/mol. The number of hydrogen-bond donors (Lipinski definition) is 1. The van der Waals surface area contributed by atoms with Gasteiger partial charge < -0.3 is 5.32 Å². The summed E-state index contributed by atoms with van der Waals surface area (Å²) in [5, 5.41) is 11.6. The molecule has 19 heavy (non-hydrogen) atoms. The zero-order valence-corrected chi connectivity index (χ0v) is 11.2. The first-order valence-electron chi connectivity index (χ1n) is 6.94. The molecule has 1 aliphatic heterocycles. The molecule has 3 rings (SSSR count). The molecule has 0 bridgehead atoms. The molecule has 1 saturated heterocycles. The quantitative estimate of drug-likeness (QED) is 0.907. The van der Waals surface area contributed by atoms with Crippen LogP contribution in [0.1, 0.15) is 19.8 Å². The Kier molecular flexibility index (Phi) is 3.55. The van der Waals surface area contributed by atoms with E-state index in [4.69, 9.17) is 0 Å². The number of benzene rings is 1. The Balaban J connectivity index is 1.68. The van der Waals surface area contributed by atoms with E-state index in [0.29, 0.717) is 12.0 Å². The molecule has 1 aliphatic rings. The summed E-state index contributed by atoms with van der Waals surface area (Å²) in [4.78, 5) is 6.99. The largest absolute Gasteiger partial charge is 0.351 e. The number of nitrogens with zero attached hydrogens (tertiary/aromatic N) is 4. The Morgan fingerprint density at radius 3 is 2.95 bits per heavy atom. The fourth-order valence-corrected chi connectivity index (χ4v) is 2.71. The molecule has 1 fully saturated rings. The minimum Gasteiger partial charge on any atom is -0.351 e. The molecule has 1 aromatic heterocycles. The molecule has 100 valence electrons. The van der Waals surface area contributed by atoms with E-state index in [-0.39, 0.29) is 0 Å². The lowest BCUT2D eigenvalue weighted by molar-refractivity contribution is 0.276. The normalized spacial score (nSPS) is 19.9. The van der Waals surface area contributed by atoms with Crippen LogP contribution in [-0.2, 0) is 0 Å². The van der Waals surface area contributed by atoms with Gasteiger partial charge in [0.1, 0.15) is 5.52 Å². The van der Waals surface area contributed by atoms with Crippen molar-refractivity contribution in [2.24, 2.45) is 0 Å². The third kappa shape index (κ3) is 2.66. The van der Waals surface area contributed by atoms with Crippen molar-refractivity contribution in [1.82, 2.24) is 20.1 Å². The number of aromatic nitrogens is 3. The molecule has 1 unspecified atom stereocenters. The first-order valence-corrected chi connectivity index (χ1v) is 6.94. The van der Waals surface area contributed by atoms with Crippen LogP contribution in [-0.4, -0.2) is 45.8 Å². The zero-order valence-electron chi connectivity index (χ0n) is 11.2.